The molecule has 0 aliphatic carbocycles. The molecule has 0 fully saturated rings. The maximum atomic E-state index is 13.5. The maximum Gasteiger partial charge on any atom is 0.153 e. The third-order valence-electron chi connectivity index (χ3n) is 2.92. The van der Waals surface area contributed by atoms with Gasteiger partial charge in [-0.05, 0) is 44.1 Å². The summed E-state index contributed by atoms with van der Waals surface area (Å²) in [6, 6.07) is 2.65. The quantitative estimate of drug-likeness (QED) is 0.662. The molecule has 1 aromatic rings. The van der Waals surface area contributed by atoms with Crippen LogP contribution in [0.1, 0.15) is 34.0 Å². The minimum absolute atomic E-state index is 0.161. The lowest BCUT2D eigenvalue weighted by molar-refractivity contribution is 0.0132. The van der Waals surface area contributed by atoms with E-state index in [-0.39, 0.29) is 11.1 Å². The normalized spacial score (nSPS) is 14.3. The molecule has 3 N–H and O–H groups in total. The van der Waals surface area contributed by atoms with Crippen molar-refractivity contribution >= 4 is 6.29 Å². The van der Waals surface area contributed by atoms with E-state index in [0.29, 0.717) is 24.8 Å². The highest BCUT2D eigenvalue weighted by atomic mass is 19.1. The molecule has 2 atom stereocenters. The molecule has 100 valence electrons. The van der Waals surface area contributed by atoms with Crippen molar-refractivity contribution in [3.63, 3.8) is 0 Å². The first kappa shape index (κ1) is 14.8. The summed E-state index contributed by atoms with van der Waals surface area (Å²) in [5.74, 6) is -0.689. The summed E-state index contributed by atoms with van der Waals surface area (Å²) in [5, 5.41) is 22.7. The predicted octanol–water partition coefficient (Wildman–Crippen LogP) is 0.950. The van der Waals surface area contributed by atoms with E-state index in [1.54, 1.807) is 14.0 Å². The molecular formula is C13H18FNO3. The molecule has 0 radical (unpaired) electrons. The summed E-state index contributed by atoms with van der Waals surface area (Å²) in [6.07, 6.45) is -1.64. The molecule has 0 amide bonds. The molecular weight excluding hydrogens is 237 g/mol. The number of rotatable bonds is 6. The van der Waals surface area contributed by atoms with Crippen LogP contribution in [0.2, 0.25) is 0 Å². The second-order valence-corrected chi connectivity index (χ2v) is 4.21. The molecule has 0 heterocycles. The number of aryl methyl sites for hydroxylation is 1. The Morgan fingerprint density at radius 3 is 2.67 bits per heavy atom. The molecule has 2 unspecified atom stereocenters. The minimum atomic E-state index is -1.27. The summed E-state index contributed by atoms with van der Waals surface area (Å²) in [5.41, 5.74) is 0.550. The van der Waals surface area contributed by atoms with Gasteiger partial charge in [0.05, 0.1) is 11.7 Å². The lowest BCUT2D eigenvalue weighted by Gasteiger charge is -2.21. The van der Waals surface area contributed by atoms with Crippen LogP contribution < -0.4 is 5.32 Å². The Labute approximate surface area is 105 Å². The van der Waals surface area contributed by atoms with Crippen LogP contribution in [0.4, 0.5) is 4.39 Å². The fourth-order valence-electron chi connectivity index (χ4n) is 1.87. The first-order chi connectivity index (χ1) is 8.52. The van der Waals surface area contributed by atoms with E-state index >= 15 is 0 Å². The van der Waals surface area contributed by atoms with Crippen molar-refractivity contribution in [1.29, 1.82) is 0 Å². The number of carbonyl (C=O) groups excluding carboxylic acids is 1. The molecule has 0 spiro atoms. The van der Waals surface area contributed by atoms with Crippen molar-refractivity contribution in [2.24, 2.45) is 0 Å². The van der Waals surface area contributed by atoms with Gasteiger partial charge in [0.25, 0.3) is 0 Å². The largest absolute Gasteiger partial charge is 0.390 e. The maximum absolute atomic E-state index is 13.5. The van der Waals surface area contributed by atoms with Crippen LogP contribution in [0, 0.1) is 12.7 Å². The molecule has 0 saturated heterocycles. The van der Waals surface area contributed by atoms with Crippen LogP contribution in [0.25, 0.3) is 0 Å². The number of hydrogen-bond donors (Lipinski definition) is 3. The summed E-state index contributed by atoms with van der Waals surface area (Å²) < 4.78 is 13.5. The molecule has 0 aliphatic heterocycles. The van der Waals surface area contributed by atoms with E-state index in [0.717, 1.165) is 0 Å². The molecule has 4 nitrogen and oxygen atoms in total. The third-order valence-corrected chi connectivity index (χ3v) is 2.92. The van der Waals surface area contributed by atoms with Gasteiger partial charge in [-0.15, -0.1) is 0 Å². The topological polar surface area (TPSA) is 69.6 Å². The SMILES string of the molecule is CNCCC(O)C(O)c1c(C)ccc(F)c1C=O. The second-order valence-electron chi connectivity index (χ2n) is 4.21. The molecule has 5 heteroatoms. The number of aldehydes is 1. The van der Waals surface area contributed by atoms with E-state index < -0.39 is 18.0 Å². The molecule has 0 aromatic heterocycles. The number of hydrogen-bond acceptors (Lipinski definition) is 4. The average Bonchev–Trinajstić information content (AvgIpc) is 2.37. The van der Waals surface area contributed by atoms with E-state index in [1.807, 2.05) is 0 Å². The van der Waals surface area contributed by atoms with Crippen molar-refractivity contribution in [3.05, 3.63) is 34.6 Å². The van der Waals surface area contributed by atoms with Gasteiger partial charge >= 0.3 is 0 Å². The smallest absolute Gasteiger partial charge is 0.153 e. The zero-order chi connectivity index (χ0) is 13.7. The Balaban J connectivity index is 3.07. The van der Waals surface area contributed by atoms with Crippen LogP contribution in [-0.2, 0) is 0 Å². The van der Waals surface area contributed by atoms with Crippen molar-refractivity contribution < 1.29 is 19.4 Å². The summed E-state index contributed by atoms with van der Waals surface area (Å²) in [6.45, 7) is 2.18. The van der Waals surface area contributed by atoms with E-state index in [9.17, 15) is 19.4 Å². The summed E-state index contributed by atoms with van der Waals surface area (Å²) >= 11 is 0. The number of benzene rings is 1. The molecule has 18 heavy (non-hydrogen) atoms. The standard InChI is InChI=1S/C13H18FNO3/c1-8-3-4-10(14)9(7-16)12(8)13(18)11(17)5-6-15-2/h3-4,7,11,13,15,17-18H,5-6H2,1-2H3. The fraction of sp³-hybridized carbons (Fsp3) is 0.462. The van der Waals surface area contributed by atoms with E-state index in [2.05, 4.69) is 5.32 Å². The van der Waals surface area contributed by atoms with Gasteiger partial charge in [0.15, 0.2) is 6.29 Å². The minimum Gasteiger partial charge on any atom is -0.390 e. The van der Waals surface area contributed by atoms with Gasteiger partial charge in [-0.1, -0.05) is 6.07 Å². The zero-order valence-corrected chi connectivity index (χ0v) is 10.5. The van der Waals surface area contributed by atoms with Crippen molar-refractivity contribution in [1.82, 2.24) is 5.32 Å². The first-order valence-electron chi connectivity index (χ1n) is 5.77. The van der Waals surface area contributed by atoms with Gasteiger partial charge in [-0.3, -0.25) is 4.79 Å². The molecule has 0 aliphatic rings. The molecule has 0 saturated carbocycles. The lowest BCUT2D eigenvalue weighted by atomic mass is 9.93. The average molecular weight is 255 g/mol. The van der Waals surface area contributed by atoms with Gasteiger partial charge < -0.3 is 15.5 Å². The number of halogens is 1. The van der Waals surface area contributed by atoms with Crippen LogP contribution in [0.5, 0.6) is 0 Å². The highest BCUT2D eigenvalue weighted by molar-refractivity contribution is 5.78. The van der Waals surface area contributed by atoms with E-state index in [1.165, 1.54) is 12.1 Å². The van der Waals surface area contributed by atoms with Crippen LogP contribution in [0.3, 0.4) is 0 Å². The van der Waals surface area contributed by atoms with Crippen LogP contribution in [0.15, 0.2) is 12.1 Å². The Morgan fingerprint density at radius 2 is 2.11 bits per heavy atom. The summed E-state index contributed by atoms with van der Waals surface area (Å²) in [7, 11) is 1.73. The molecule has 0 bridgehead atoms. The third kappa shape index (κ3) is 3.13. The van der Waals surface area contributed by atoms with Gasteiger partial charge in [0, 0.05) is 0 Å². The van der Waals surface area contributed by atoms with Crippen LogP contribution in [-0.4, -0.2) is 36.2 Å². The Bertz CT molecular complexity index is 423. The molecule has 1 aromatic carbocycles. The first-order valence-corrected chi connectivity index (χ1v) is 5.77. The fourth-order valence-corrected chi connectivity index (χ4v) is 1.87. The number of aliphatic hydroxyl groups excluding tert-OH is 2. The Morgan fingerprint density at radius 1 is 1.44 bits per heavy atom. The van der Waals surface area contributed by atoms with Gasteiger partial charge in [-0.25, -0.2) is 4.39 Å². The Hall–Kier alpha value is -1.30. The monoisotopic (exact) mass is 255 g/mol. The zero-order valence-electron chi connectivity index (χ0n) is 10.5. The predicted molar refractivity (Wildman–Crippen MR) is 66.0 cm³/mol. The highest BCUT2D eigenvalue weighted by Crippen LogP contribution is 2.27. The van der Waals surface area contributed by atoms with Gasteiger partial charge in [-0.2, -0.15) is 0 Å². The van der Waals surface area contributed by atoms with E-state index in [4.69, 9.17) is 0 Å². The Kier molecular flexibility index (Phi) is 5.40. The highest BCUT2D eigenvalue weighted by Gasteiger charge is 2.24. The lowest BCUT2D eigenvalue weighted by Crippen LogP contribution is -2.25. The van der Waals surface area contributed by atoms with Gasteiger partial charge in [0.2, 0.25) is 0 Å². The van der Waals surface area contributed by atoms with Gasteiger partial charge in [0.1, 0.15) is 11.9 Å². The van der Waals surface area contributed by atoms with Crippen molar-refractivity contribution in [2.45, 2.75) is 25.6 Å². The van der Waals surface area contributed by atoms with Crippen molar-refractivity contribution in [2.75, 3.05) is 13.6 Å². The van der Waals surface area contributed by atoms with Crippen LogP contribution >= 0.6 is 0 Å². The number of aliphatic hydroxyl groups is 2. The van der Waals surface area contributed by atoms with Crippen molar-refractivity contribution in [3.8, 4) is 0 Å². The second kappa shape index (κ2) is 6.58. The number of nitrogens with one attached hydrogen (secondary N) is 1. The molecule has 1 rings (SSSR count). The summed E-state index contributed by atoms with van der Waals surface area (Å²) in [4.78, 5) is 10.9. The number of carbonyl (C=O) groups is 1.